The van der Waals surface area contributed by atoms with E-state index in [0.29, 0.717) is 16.3 Å². The van der Waals surface area contributed by atoms with Gasteiger partial charge in [0, 0.05) is 16.3 Å². The highest BCUT2D eigenvalue weighted by molar-refractivity contribution is 7.92. The van der Waals surface area contributed by atoms with Crippen molar-refractivity contribution in [2.75, 3.05) is 4.72 Å². The molecule has 0 radical (unpaired) electrons. The standard InChI is InChI=1S/C25H21N3O4S/c1-16-10-12-19(13-11-16)33(31,32)28-22-15-23(24(29)21-9-4-3-8-20(21)22)26-27-25(30)18-7-5-6-17(2)14-18/h3-15,28-29H,1-2H3. The Labute approximate surface area is 191 Å². The number of phenols is 1. The van der Waals surface area contributed by atoms with E-state index in [1.165, 1.54) is 18.2 Å². The summed E-state index contributed by atoms with van der Waals surface area (Å²) in [6.07, 6.45) is 0. The quantitative estimate of drug-likeness (QED) is 0.287. The molecule has 4 rings (SSSR count). The lowest BCUT2D eigenvalue weighted by Crippen LogP contribution is -2.13. The van der Waals surface area contributed by atoms with Gasteiger partial charge in [0.2, 0.25) is 0 Å². The summed E-state index contributed by atoms with van der Waals surface area (Å²) in [5, 5.41) is 19.2. The van der Waals surface area contributed by atoms with Gasteiger partial charge in [-0.2, -0.15) is 0 Å². The number of sulfonamides is 1. The first kappa shape index (κ1) is 22.2. The Balaban J connectivity index is 1.75. The van der Waals surface area contributed by atoms with Crippen LogP contribution in [0, 0.1) is 13.8 Å². The number of rotatable bonds is 5. The lowest BCUT2D eigenvalue weighted by atomic mass is 10.1. The molecule has 0 spiro atoms. The molecule has 33 heavy (non-hydrogen) atoms. The Morgan fingerprint density at radius 3 is 2.24 bits per heavy atom. The van der Waals surface area contributed by atoms with Gasteiger partial charge in [-0.3, -0.25) is 9.52 Å². The summed E-state index contributed by atoms with van der Waals surface area (Å²) >= 11 is 0. The van der Waals surface area contributed by atoms with Crippen molar-refractivity contribution >= 4 is 38.1 Å². The summed E-state index contributed by atoms with van der Waals surface area (Å²) in [4.78, 5) is 12.5. The molecule has 2 N–H and O–H groups in total. The largest absolute Gasteiger partial charge is 0.505 e. The third-order valence-electron chi connectivity index (χ3n) is 5.09. The van der Waals surface area contributed by atoms with Crippen molar-refractivity contribution in [3.8, 4) is 5.75 Å². The van der Waals surface area contributed by atoms with Crippen LogP contribution in [0.3, 0.4) is 0 Å². The lowest BCUT2D eigenvalue weighted by molar-refractivity contribution is 0.0995. The molecule has 0 saturated carbocycles. The third kappa shape index (κ3) is 4.75. The van der Waals surface area contributed by atoms with Gasteiger partial charge in [0.05, 0.1) is 10.6 Å². The van der Waals surface area contributed by atoms with Crippen LogP contribution < -0.4 is 4.72 Å². The number of hydrogen-bond donors (Lipinski definition) is 2. The molecule has 4 aromatic carbocycles. The number of azo groups is 1. The molecule has 0 saturated heterocycles. The van der Waals surface area contributed by atoms with Gasteiger partial charge in [-0.15, -0.1) is 10.2 Å². The average molecular weight is 460 g/mol. The number of carbonyl (C=O) groups is 1. The fourth-order valence-corrected chi connectivity index (χ4v) is 4.43. The average Bonchev–Trinajstić information content (AvgIpc) is 2.80. The summed E-state index contributed by atoms with van der Waals surface area (Å²) in [6.45, 7) is 3.72. The van der Waals surface area contributed by atoms with Gasteiger partial charge in [0.15, 0.2) is 5.75 Å². The second-order valence-electron chi connectivity index (χ2n) is 7.63. The molecule has 7 nitrogen and oxygen atoms in total. The Morgan fingerprint density at radius 1 is 0.848 bits per heavy atom. The van der Waals surface area contributed by atoms with E-state index >= 15 is 0 Å². The molecule has 0 aliphatic carbocycles. The number of nitrogens with zero attached hydrogens (tertiary/aromatic N) is 2. The maximum absolute atomic E-state index is 13.0. The molecule has 0 bridgehead atoms. The SMILES string of the molecule is Cc1ccc(S(=O)(=O)Nc2cc(N=NC(=O)c3cccc(C)c3)c(O)c3ccccc23)cc1. The molecule has 1 amide bonds. The van der Waals surface area contributed by atoms with Gasteiger partial charge in [-0.1, -0.05) is 59.7 Å². The lowest BCUT2D eigenvalue weighted by Gasteiger charge is -2.13. The first-order chi connectivity index (χ1) is 15.7. The van der Waals surface area contributed by atoms with Crippen molar-refractivity contribution in [1.82, 2.24) is 0 Å². The number of fused-ring (bicyclic) bond motifs is 1. The van der Waals surface area contributed by atoms with E-state index in [2.05, 4.69) is 15.0 Å². The van der Waals surface area contributed by atoms with Gasteiger partial charge in [0.1, 0.15) is 5.69 Å². The molecular weight excluding hydrogens is 438 g/mol. The minimum atomic E-state index is -3.90. The van der Waals surface area contributed by atoms with Gasteiger partial charge in [-0.25, -0.2) is 8.42 Å². The normalized spacial score (nSPS) is 11.7. The monoisotopic (exact) mass is 459 g/mol. The van der Waals surface area contributed by atoms with Gasteiger partial charge < -0.3 is 5.11 Å². The van der Waals surface area contributed by atoms with Crippen molar-refractivity contribution < 1.29 is 18.3 Å². The number of phenolic OH excluding ortho intramolecular Hbond substituents is 1. The highest BCUT2D eigenvalue weighted by Crippen LogP contribution is 2.40. The van der Waals surface area contributed by atoms with Crippen molar-refractivity contribution in [1.29, 1.82) is 0 Å². The molecule has 166 valence electrons. The van der Waals surface area contributed by atoms with E-state index in [4.69, 9.17) is 0 Å². The maximum atomic E-state index is 13.0. The number of amides is 1. The number of anilines is 1. The van der Waals surface area contributed by atoms with Crippen LogP contribution in [0.2, 0.25) is 0 Å². The van der Waals surface area contributed by atoms with Crippen LogP contribution in [0.15, 0.2) is 94.0 Å². The first-order valence-corrected chi connectivity index (χ1v) is 11.6. The van der Waals surface area contributed by atoms with Gasteiger partial charge in [-0.05, 0) is 44.2 Å². The number of nitrogens with one attached hydrogen (secondary N) is 1. The molecule has 0 aromatic heterocycles. The molecule has 0 unspecified atom stereocenters. The minimum absolute atomic E-state index is 0.0312. The molecule has 0 fully saturated rings. The van der Waals surface area contributed by atoms with Crippen LogP contribution in [-0.2, 0) is 10.0 Å². The maximum Gasteiger partial charge on any atom is 0.295 e. The van der Waals surface area contributed by atoms with Crippen molar-refractivity contribution in [3.63, 3.8) is 0 Å². The molecular formula is C25H21N3O4S. The summed E-state index contributed by atoms with van der Waals surface area (Å²) < 4.78 is 28.5. The number of carbonyl (C=O) groups excluding carboxylic acids is 1. The molecule has 0 aliphatic heterocycles. The predicted octanol–water partition coefficient (Wildman–Crippen LogP) is 5.89. The van der Waals surface area contributed by atoms with Crippen molar-refractivity contribution in [3.05, 3.63) is 95.6 Å². The van der Waals surface area contributed by atoms with E-state index < -0.39 is 15.9 Å². The van der Waals surface area contributed by atoms with Crippen molar-refractivity contribution in [2.24, 2.45) is 10.2 Å². The molecule has 4 aromatic rings. The zero-order valence-electron chi connectivity index (χ0n) is 18.0. The van der Waals surface area contributed by atoms with Crippen LogP contribution in [0.25, 0.3) is 10.8 Å². The smallest absolute Gasteiger partial charge is 0.295 e. The van der Waals surface area contributed by atoms with E-state index in [-0.39, 0.29) is 22.0 Å². The fraction of sp³-hybridized carbons (Fsp3) is 0.0800. The second-order valence-corrected chi connectivity index (χ2v) is 9.31. The predicted molar refractivity (Wildman–Crippen MR) is 128 cm³/mol. The zero-order valence-corrected chi connectivity index (χ0v) is 18.8. The van der Waals surface area contributed by atoms with Gasteiger partial charge in [0.25, 0.3) is 15.9 Å². The van der Waals surface area contributed by atoms with Crippen LogP contribution in [0.1, 0.15) is 21.5 Å². The highest BCUT2D eigenvalue weighted by Gasteiger charge is 2.18. The fourth-order valence-electron chi connectivity index (χ4n) is 3.36. The highest BCUT2D eigenvalue weighted by atomic mass is 32.2. The third-order valence-corrected chi connectivity index (χ3v) is 6.47. The first-order valence-electron chi connectivity index (χ1n) is 10.1. The summed E-state index contributed by atoms with van der Waals surface area (Å²) in [7, 11) is -3.90. The Bertz CT molecular complexity index is 1490. The molecule has 0 heterocycles. The van der Waals surface area contributed by atoms with E-state index in [1.807, 2.05) is 19.9 Å². The summed E-state index contributed by atoms with van der Waals surface area (Å²) in [5.74, 6) is -0.780. The Hall–Kier alpha value is -4.04. The van der Waals surface area contributed by atoms with Crippen LogP contribution >= 0.6 is 0 Å². The van der Waals surface area contributed by atoms with Gasteiger partial charge >= 0.3 is 0 Å². The Kier molecular flexibility index (Phi) is 5.93. The number of aromatic hydroxyl groups is 1. The van der Waals surface area contributed by atoms with E-state index in [1.54, 1.807) is 54.6 Å². The van der Waals surface area contributed by atoms with E-state index in [9.17, 15) is 18.3 Å². The van der Waals surface area contributed by atoms with Crippen molar-refractivity contribution in [2.45, 2.75) is 18.7 Å². The van der Waals surface area contributed by atoms with Crippen LogP contribution in [-0.4, -0.2) is 19.4 Å². The summed E-state index contributed by atoms with van der Waals surface area (Å²) in [5.41, 5.74) is 2.37. The number of aryl methyl sites for hydroxylation is 2. The number of benzene rings is 4. The molecule has 0 atom stereocenters. The summed E-state index contributed by atoms with van der Waals surface area (Å²) in [6, 6.07) is 21.5. The number of hydrogen-bond acceptors (Lipinski definition) is 5. The topological polar surface area (TPSA) is 108 Å². The molecule has 0 aliphatic rings. The Morgan fingerprint density at radius 2 is 1.55 bits per heavy atom. The van der Waals surface area contributed by atoms with E-state index in [0.717, 1.165) is 11.1 Å². The van der Waals surface area contributed by atoms with Crippen LogP contribution in [0.5, 0.6) is 5.75 Å². The second kappa shape index (κ2) is 8.84. The van der Waals surface area contributed by atoms with Crippen LogP contribution in [0.4, 0.5) is 11.4 Å². The molecule has 8 heteroatoms. The zero-order chi connectivity index (χ0) is 23.6. The minimum Gasteiger partial charge on any atom is -0.505 e.